The van der Waals surface area contributed by atoms with E-state index in [4.69, 9.17) is 9.47 Å². The van der Waals surface area contributed by atoms with Gasteiger partial charge >= 0.3 is 6.18 Å². The summed E-state index contributed by atoms with van der Waals surface area (Å²) in [7, 11) is 0. The summed E-state index contributed by atoms with van der Waals surface area (Å²) in [5.74, 6) is 0.209. The standard InChI is InChI=1S/C25H36F4O2/c1-2-3-6-19-16-30-24(31-17-19)8-5-4-7-18-9-11-20(12-10-18)21-13-14-22(23(26)15-21)25(27,28)29/h13-15,18-20,24H,2-12,16-17H2,1H3. The minimum atomic E-state index is -4.63. The van der Waals surface area contributed by atoms with Crippen molar-refractivity contribution >= 4 is 0 Å². The molecule has 0 bridgehead atoms. The molecule has 0 unspecified atom stereocenters. The van der Waals surface area contributed by atoms with E-state index in [-0.39, 0.29) is 12.2 Å². The summed E-state index contributed by atoms with van der Waals surface area (Å²) in [6.45, 7) is 3.84. The van der Waals surface area contributed by atoms with E-state index in [2.05, 4.69) is 6.92 Å². The first-order chi connectivity index (χ1) is 14.9. The number of rotatable bonds is 9. The second-order valence-electron chi connectivity index (χ2n) is 9.34. The summed E-state index contributed by atoms with van der Waals surface area (Å²) in [5.41, 5.74) is -0.472. The second-order valence-corrected chi connectivity index (χ2v) is 9.34. The van der Waals surface area contributed by atoms with Gasteiger partial charge in [-0.15, -0.1) is 0 Å². The average Bonchev–Trinajstić information content (AvgIpc) is 2.75. The third kappa shape index (κ3) is 7.45. The van der Waals surface area contributed by atoms with Crippen LogP contribution in [0.15, 0.2) is 18.2 Å². The molecule has 0 N–H and O–H groups in total. The molecule has 3 rings (SSSR count). The lowest BCUT2D eigenvalue weighted by Gasteiger charge is -2.30. The van der Waals surface area contributed by atoms with Crippen LogP contribution in [0.1, 0.15) is 94.6 Å². The molecule has 6 heteroatoms. The number of hydrogen-bond donors (Lipinski definition) is 0. The molecule has 176 valence electrons. The predicted molar refractivity (Wildman–Crippen MR) is 113 cm³/mol. The van der Waals surface area contributed by atoms with E-state index in [1.807, 2.05) is 0 Å². The van der Waals surface area contributed by atoms with Crippen molar-refractivity contribution in [2.24, 2.45) is 11.8 Å². The maximum atomic E-state index is 13.9. The van der Waals surface area contributed by atoms with Crippen LogP contribution >= 0.6 is 0 Å². The number of ether oxygens (including phenoxy) is 2. The minimum Gasteiger partial charge on any atom is -0.352 e. The van der Waals surface area contributed by atoms with Crippen LogP contribution in [0.4, 0.5) is 17.6 Å². The molecule has 1 saturated heterocycles. The number of halogens is 4. The molecule has 2 fully saturated rings. The fourth-order valence-electron chi connectivity index (χ4n) is 4.95. The molecule has 2 aliphatic rings. The average molecular weight is 445 g/mol. The third-order valence-corrected chi connectivity index (χ3v) is 6.92. The van der Waals surface area contributed by atoms with Crippen LogP contribution in [-0.4, -0.2) is 19.5 Å². The molecule has 0 amide bonds. The van der Waals surface area contributed by atoms with Crippen LogP contribution in [0, 0.1) is 17.7 Å². The Hall–Kier alpha value is -1.14. The van der Waals surface area contributed by atoms with Crippen molar-refractivity contribution in [3.05, 3.63) is 35.1 Å². The highest BCUT2D eigenvalue weighted by atomic mass is 19.4. The first kappa shape index (κ1) is 24.5. The van der Waals surface area contributed by atoms with Crippen LogP contribution in [-0.2, 0) is 15.7 Å². The van der Waals surface area contributed by atoms with E-state index in [1.54, 1.807) is 0 Å². The maximum absolute atomic E-state index is 13.9. The van der Waals surface area contributed by atoms with Gasteiger partial charge in [0.15, 0.2) is 6.29 Å². The molecule has 0 atom stereocenters. The molecule has 1 aromatic rings. The first-order valence-electron chi connectivity index (χ1n) is 12.0. The van der Waals surface area contributed by atoms with Gasteiger partial charge in [-0.25, -0.2) is 4.39 Å². The monoisotopic (exact) mass is 444 g/mol. The van der Waals surface area contributed by atoms with Crippen molar-refractivity contribution < 1.29 is 27.0 Å². The SMILES string of the molecule is CCCCC1COC(CCCCC2CCC(c3ccc(C(F)(F)F)c(F)c3)CC2)OC1. The minimum absolute atomic E-state index is 0.0526. The Morgan fingerprint density at radius 3 is 2.13 bits per heavy atom. The summed E-state index contributed by atoms with van der Waals surface area (Å²) >= 11 is 0. The smallest absolute Gasteiger partial charge is 0.352 e. The Labute approximate surface area is 183 Å². The third-order valence-electron chi connectivity index (χ3n) is 6.92. The van der Waals surface area contributed by atoms with Crippen molar-refractivity contribution in [2.45, 2.75) is 95.9 Å². The molecule has 1 aliphatic heterocycles. The van der Waals surface area contributed by atoms with Gasteiger partial charge in [-0.2, -0.15) is 13.2 Å². The van der Waals surface area contributed by atoms with Gasteiger partial charge in [-0.1, -0.05) is 38.7 Å². The van der Waals surface area contributed by atoms with Gasteiger partial charge in [0.05, 0.1) is 18.8 Å². The van der Waals surface area contributed by atoms with Gasteiger partial charge in [-0.05, 0) is 74.5 Å². The molecule has 0 spiro atoms. The van der Waals surface area contributed by atoms with Crippen molar-refractivity contribution in [1.82, 2.24) is 0 Å². The van der Waals surface area contributed by atoms with Gasteiger partial charge < -0.3 is 9.47 Å². The topological polar surface area (TPSA) is 18.5 Å². The molecule has 1 saturated carbocycles. The van der Waals surface area contributed by atoms with E-state index < -0.39 is 17.6 Å². The zero-order chi connectivity index (χ0) is 22.3. The highest BCUT2D eigenvalue weighted by Crippen LogP contribution is 2.39. The van der Waals surface area contributed by atoms with E-state index in [0.717, 1.165) is 70.3 Å². The van der Waals surface area contributed by atoms with Gasteiger partial charge in [0.1, 0.15) is 5.82 Å². The largest absolute Gasteiger partial charge is 0.419 e. The number of hydrogen-bond acceptors (Lipinski definition) is 2. The summed E-state index contributed by atoms with van der Waals surface area (Å²) in [6, 6.07) is 3.43. The molecular formula is C25H36F4O2. The summed E-state index contributed by atoms with van der Waals surface area (Å²) in [5, 5.41) is 0. The molecule has 1 aromatic carbocycles. The zero-order valence-electron chi connectivity index (χ0n) is 18.6. The Balaban J connectivity index is 1.31. The quantitative estimate of drug-likeness (QED) is 0.285. The molecular weight excluding hydrogens is 408 g/mol. The van der Waals surface area contributed by atoms with Crippen molar-refractivity contribution in [2.75, 3.05) is 13.2 Å². The number of benzene rings is 1. The summed E-state index contributed by atoms with van der Waals surface area (Å²) in [4.78, 5) is 0. The first-order valence-corrected chi connectivity index (χ1v) is 12.0. The van der Waals surface area contributed by atoms with Crippen molar-refractivity contribution in [3.63, 3.8) is 0 Å². The lowest BCUT2D eigenvalue weighted by Crippen LogP contribution is -2.32. The number of alkyl halides is 3. The van der Waals surface area contributed by atoms with Crippen molar-refractivity contribution in [1.29, 1.82) is 0 Å². The van der Waals surface area contributed by atoms with Gasteiger partial charge in [0.25, 0.3) is 0 Å². The Morgan fingerprint density at radius 1 is 0.871 bits per heavy atom. The normalized spacial score (nSPS) is 27.4. The zero-order valence-corrected chi connectivity index (χ0v) is 18.6. The molecule has 31 heavy (non-hydrogen) atoms. The molecule has 0 aromatic heterocycles. The van der Waals surface area contributed by atoms with Crippen LogP contribution < -0.4 is 0 Å². The van der Waals surface area contributed by atoms with Crippen LogP contribution in [0.25, 0.3) is 0 Å². The molecule has 0 radical (unpaired) electrons. The molecule has 1 aliphatic carbocycles. The van der Waals surface area contributed by atoms with E-state index in [9.17, 15) is 17.6 Å². The van der Waals surface area contributed by atoms with E-state index >= 15 is 0 Å². The van der Waals surface area contributed by atoms with Crippen molar-refractivity contribution in [3.8, 4) is 0 Å². The van der Waals surface area contributed by atoms with Crippen LogP contribution in [0.2, 0.25) is 0 Å². The van der Waals surface area contributed by atoms with E-state index in [0.29, 0.717) is 17.4 Å². The lowest BCUT2D eigenvalue weighted by atomic mass is 9.77. The van der Waals surface area contributed by atoms with Gasteiger partial charge in [0.2, 0.25) is 0 Å². The number of unbranched alkanes of at least 4 members (excludes halogenated alkanes) is 2. The summed E-state index contributed by atoms with van der Waals surface area (Å²) < 4.78 is 63.8. The van der Waals surface area contributed by atoms with Gasteiger partial charge in [0, 0.05) is 5.92 Å². The fourth-order valence-corrected chi connectivity index (χ4v) is 4.95. The fraction of sp³-hybridized carbons (Fsp3) is 0.760. The predicted octanol–water partition coefficient (Wildman–Crippen LogP) is 7.86. The Morgan fingerprint density at radius 2 is 1.52 bits per heavy atom. The van der Waals surface area contributed by atoms with Crippen LogP contribution in [0.3, 0.4) is 0 Å². The maximum Gasteiger partial charge on any atom is 0.419 e. The second kappa shape index (κ2) is 11.6. The Bertz CT molecular complexity index is 660. The van der Waals surface area contributed by atoms with Crippen LogP contribution in [0.5, 0.6) is 0 Å². The van der Waals surface area contributed by atoms with Gasteiger partial charge in [-0.3, -0.25) is 0 Å². The molecule has 2 nitrogen and oxygen atoms in total. The van der Waals surface area contributed by atoms with E-state index in [1.165, 1.54) is 31.7 Å². The molecule has 1 heterocycles. The summed E-state index contributed by atoms with van der Waals surface area (Å²) in [6.07, 6.45) is 7.25. The highest BCUT2D eigenvalue weighted by Gasteiger charge is 2.34. The lowest BCUT2D eigenvalue weighted by molar-refractivity contribution is -0.204. The Kier molecular flexibility index (Phi) is 9.20. The highest BCUT2D eigenvalue weighted by molar-refractivity contribution is 5.29.